The van der Waals surface area contributed by atoms with Crippen molar-refractivity contribution in [2.45, 2.75) is 39.5 Å². The molecule has 0 unspecified atom stereocenters. The maximum absolute atomic E-state index is 13.3. The molecule has 2 heterocycles. The van der Waals surface area contributed by atoms with E-state index in [4.69, 9.17) is 9.47 Å². The number of amides is 2. The molecule has 43 heavy (non-hydrogen) atoms. The Morgan fingerprint density at radius 1 is 0.907 bits per heavy atom. The summed E-state index contributed by atoms with van der Waals surface area (Å²) < 4.78 is 11.2. The Hall–Kier alpha value is -4.66. The number of fused-ring (bicyclic) bond motifs is 2. The Kier molecular flexibility index (Phi) is 9.71. The molecule has 9 nitrogen and oxygen atoms in total. The number of H-pyrrole nitrogens is 1. The van der Waals surface area contributed by atoms with Gasteiger partial charge in [0, 0.05) is 41.6 Å². The minimum atomic E-state index is -0.188. The molecule has 224 valence electrons. The van der Waals surface area contributed by atoms with E-state index in [2.05, 4.69) is 15.5 Å². The standard InChI is InChI=1S/C34H38N4O5/c1-23(2)21-38(34(41)26-15-16-30-31(20-26)43-19-18-42-30)22-27(39)8-4-3-7-17-35-33(40)25-13-11-24(12-14-25)32-28-9-5-6-10-29(28)36-37-32/h5-6,9-16,20,23H,3-4,7-8,17-19,21-22H2,1-2H3,(H,35,40)(H,36,37). The first kappa shape index (κ1) is 29.8. The molecule has 3 aromatic carbocycles. The van der Waals surface area contributed by atoms with Gasteiger partial charge in [0.15, 0.2) is 17.3 Å². The first-order valence-electron chi connectivity index (χ1n) is 14.9. The summed E-state index contributed by atoms with van der Waals surface area (Å²) in [5.41, 5.74) is 3.85. The van der Waals surface area contributed by atoms with Gasteiger partial charge in [0.2, 0.25) is 0 Å². The van der Waals surface area contributed by atoms with Crippen LogP contribution in [0.4, 0.5) is 0 Å². The molecule has 0 aliphatic carbocycles. The monoisotopic (exact) mass is 582 g/mol. The number of carbonyl (C=O) groups is 3. The van der Waals surface area contributed by atoms with E-state index in [0.29, 0.717) is 61.8 Å². The normalized spacial score (nSPS) is 12.3. The van der Waals surface area contributed by atoms with Crippen LogP contribution in [0, 0.1) is 5.92 Å². The number of rotatable bonds is 13. The van der Waals surface area contributed by atoms with E-state index < -0.39 is 0 Å². The van der Waals surface area contributed by atoms with Crippen molar-refractivity contribution in [2.24, 2.45) is 5.92 Å². The first-order chi connectivity index (χ1) is 20.9. The average molecular weight is 583 g/mol. The maximum atomic E-state index is 13.3. The van der Waals surface area contributed by atoms with Gasteiger partial charge in [0.25, 0.3) is 11.8 Å². The van der Waals surface area contributed by atoms with Gasteiger partial charge in [-0.2, -0.15) is 5.10 Å². The number of Topliss-reactive ketones (excluding diaryl/α,β-unsaturated/α-hetero) is 1. The summed E-state index contributed by atoms with van der Waals surface area (Å²) in [6.07, 6.45) is 2.66. The highest BCUT2D eigenvalue weighted by atomic mass is 16.6. The van der Waals surface area contributed by atoms with Gasteiger partial charge < -0.3 is 19.7 Å². The fourth-order valence-electron chi connectivity index (χ4n) is 5.20. The number of para-hydroxylation sites is 1. The topological polar surface area (TPSA) is 114 Å². The Balaban J connectivity index is 1.04. The molecule has 9 heteroatoms. The van der Waals surface area contributed by atoms with Crippen molar-refractivity contribution >= 4 is 28.5 Å². The Morgan fingerprint density at radius 2 is 1.65 bits per heavy atom. The van der Waals surface area contributed by atoms with Gasteiger partial charge in [-0.25, -0.2) is 0 Å². The van der Waals surface area contributed by atoms with Crippen molar-refractivity contribution in [2.75, 3.05) is 32.8 Å². The summed E-state index contributed by atoms with van der Waals surface area (Å²) in [5.74, 6) is 1.12. The molecule has 0 bridgehead atoms. The van der Waals surface area contributed by atoms with Crippen LogP contribution in [0.3, 0.4) is 0 Å². The molecular formula is C34H38N4O5. The number of ketones is 1. The smallest absolute Gasteiger partial charge is 0.254 e. The third-order valence-electron chi connectivity index (χ3n) is 7.34. The molecule has 0 atom stereocenters. The molecule has 0 radical (unpaired) electrons. The number of aromatic amines is 1. The lowest BCUT2D eigenvalue weighted by Crippen LogP contribution is -2.38. The van der Waals surface area contributed by atoms with Gasteiger partial charge in [-0.1, -0.05) is 50.6 Å². The number of hydrogen-bond donors (Lipinski definition) is 2. The number of nitrogens with one attached hydrogen (secondary N) is 2. The molecule has 0 spiro atoms. The number of nitrogens with zero attached hydrogens (tertiary/aromatic N) is 2. The Morgan fingerprint density at radius 3 is 2.44 bits per heavy atom. The van der Waals surface area contributed by atoms with Crippen LogP contribution >= 0.6 is 0 Å². The van der Waals surface area contributed by atoms with Crippen LogP contribution in [0.2, 0.25) is 0 Å². The Labute approximate surface area is 251 Å². The molecule has 5 rings (SSSR count). The van der Waals surface area contributed by atoms with E-state index in [0.717, 1.165) is 35.0 Å². The van der Waals surface area contributed by atoms with Gasteiger partial charge in [-0.15, -0.1) is 0 Å². The second-order valence-electron chi connectivity index (χ2n) is 11.2. The lowest BCUT2D eigenvalue weighted by molar-refractivity contribution is -0.120. The van der Waals surface area contributed by atoms with Crippen molar-refractivity contribution in [3.05, 3.63) is 77.9 Å². The van der Waals surface area contributed by atoms with Crippen LogP contribution in [0.1, 0.15) is 60.2 Å². The highest BCUT2D eigenvalue weighted by Crippen LogP contribution is 2.31. The summed E-state index contributed by atoms with van der Waals surface area (Å²) in [5, 5.41) is 11.5. The van der Waals surface area contributed by atoms with Gasteiger partial charge in [-0.3, -0.25) is 19.5 Å². The second-order valence-corrected chi connectivity index (χ2v) is 11.2. The molecular weight excluding hydrogens is 544 g/mol. The van der Waals surface area contributed by atoms with Crippen molar-refractivity contribution in [3.63, 3.8) is 0 Å². The zero-order chi connectivity index (χ0) is 30.2. The van der Waals surface area contributed by atoms with Crippen molar-refractivity contribution < 1.29 is 23.9 Å². The fraction of sp³-hybridized carbons (Fsp3) is 0.353. The zero-order valence-corrected chi connectivity index (χ0v) is 24.7. The van der Waals surface area contributed by atoms with Crippen molar-refractivity contribution in [1.29, 1.82) is 0 Å². The van der Waals surface area contributed by atoms with E-state index >= 15 is 0 Å². The van der Waals surface area contributed by atoms with Crippen LogP contribution in [0.5, 0.6) is 11.5 Å². The summed E-state index contributed by atoms with van der Waals surface area (Å²) in [6, 6.07) is 20.5. The summed E-state index contributed by atoms with van der Waals surface area (Å²) in [4.78, 5) is 40.3. The van der Waals surface area contributed by atoms with Crippen LogP contribution in [0.15, 0.2) is 66.7 Å². The number of unbranched alkanes of at least 4 members (excludes halogenated alkanes) is 2. The van der Waals surface area contributed by atoms with E-state index in [-0.39, 0.29) is 30.1 Å². The number of aromatic nitrogens is 2. The minimum Gasteiger partial charge on any atom is -0.486 e. The van der Waals surface area contributed by atoms with Crippen molar-refractivity contribution in [1.82, 2.24) is 20.4 Å². The molecule has 1 aromatic heterocycles. The van der Waals surface area contributed by atoms with Crippen LogP contribution in [-0.4, -0.2) is 65.5 Å². The Bertz CT molecular complexity index is 1580. The number of benzene rings is 3. The maximum Gasteiger partial charge on any atom is 0.254 e. The summed E-state index contributed by atoms with van der Waals surface area (Å²) in [6.45, 7) is 6.08. The molecule has 0 saturated heterocycles. The van der Waals surface area contributed by atoms with E-state index in [1.807, 2.05) is 62.4 Å². The van der Waals surface area contributed by atoms with Crippen LogP contribution in [0.25, 0.3) is 22.2 Å². The number of carbonyl (C=O) groups excluding carboxylic acids is 3. The van der Waals surface area contributed by atoms with Crippen LogP contribution in [-0.2, 0) is 4.79 Å². The largest absolute Gasteiger partial charge is 0.486 e. The second kappa shape index (κ2) is 14.0. The molecule has 1 aliphatic heterocycles. The van der Waals surface area contributed by atoms with Gasteiger partial charge in [0.1, 0.15) is 13.2 Å². The number of ether oxygens (including phenoxy) is 2. The average Bonchev–Trinajstić information content (AvgIpc) is 3.46. The summed E-state index contributed by atoms with van der Waals surface area (Å²) in [7, 11) is 0. The lowest BCUT2D eigenvalue weighted by atomic mass is 10.1. The highest BCUT2D eigenvalue weighted by molar-refractivity contribution is 5.98. The minimum absolute atomic E-state index is 0.0281. The van der Waals surface area contributed by atoms with E-state index in [9.17, 15) is 14.4 Å². The highest BCUT2D eigenvalue weighted by Gasteiger charge is 2.22. The van der Waals surface area contributed by atoms with Crippen molar-refractivity contribution in [3.8, 4) is 22.8 Å². The molecule has 4 aromatic rings. The zero-order valence-electron chi connectivity index (χ0n) is 24.7. The third-order valence-corrected chi connectivity index (χ3v) is 7.34. The first-order valence-corrected chi connectivity index (χ1v) is 14.9. The predicted molar refractivity (Wildman–Crippen MR) is 166 cm³/mol. The van der Waals surface area contributed by atoms with E-state index in [1.165, 1.54) is 0 Å². The third kappa shape index (κ3) is 7.60. The summed E-state index contributed by atoms with van der Waals surface area (Å²) >= 11 is 0. The van der Waals surface area contributed by atoms with Crippen LogP contribution < -0.4 is 14.8 Å². The van der Waals surface area contributed by atoms with E-state index in [1.54, 1.807) is 23.1 Å². The number of hydrogen-bond acceptors (Lipinski definition) is 6. The molecule has 2 amide bonds. The predicted octanol–water partition coefficient (Wildman–Crippen LogP) is 5.66. The van der Waals surface area contributed by atoms with Gasteiger partial charge in [0.05, 0.1) is 17.8 Å². The SMILES string of the molecule is CC(C)CN(CC(=O)CCCCCNC(=O)c1ccc(-c2n[nH]c3ccccc23)cc1)C(=O)c1ccc2c(c1)OCCO2. The fourth-order valence-corrected chi connectivity index (χ4v) is 5.20. The molecule has 2 N–H and O–H groups in total. The quantitative estimate of drug-likeness (QED) is 0.197. The molecule has 1 aliphatic rings. The molecule has 0 saturated carbocycles. The molecule has 0 fully saturated rings. The van der Waals surface area contributed by atoms with Gasteiger partial charge >= 0.3 is 0 Å². The lowest BCUT2D eigenvalue weighted by Gasteiger charge is -2.25. The van der Waals surface area contributed by atoms with Gasteiger partial charge in [-0.05, 0) is 55.2 Å².